The average Bonchev–Trinajstić information content (AvgIpc) is 2.85. The van der Waals surface area contributed by atoms with Gasteiger partial charge in [0.1, 0.15) is 0 Å². The van der Waals surface area contributed by atoms with Gasteiger partial charge in [-0.1, -0.05) is 12.1 Å². The molecule has 3 rings (SSSR count). The zero-order valence-electron chi connectivity index (χ0n) is 9.25. The molecule has 0 saturated heterocycles. The minimum Gasteiger partial charge on any atom is -0.368 e. The summed E-state index contributed by atoms with van der Waals surface area (Å²) >= 11 is 0. The minimum atomic E-state index is 0.170. The van der Waals surface area contributed by atoms with Gasteiger partial charge in [-0.15, -0.1) is 0 Å². The topological polar surface area (TPSA) is 104 Å². The van der Waals surface area contributed by atoms with Crippen molar-refractivity contribution < 1.29 is 0 Å². The summed E-state index contributed by atoms with van der Waals surface area (Å²) in [6, 6.07) is 9.26. The van der Waals surface area contributed by atoms with Crippen LogP contribution in [0.15, 0.2) is 30.5 Å². The molecule has 0 radical (unpaired) electrons. The van der Waals surface area contributed by atoms with E-state index in [4.69, 9.17) is 11.0 Å². The zero-order valence-corrected chi connectivity index (χ0v) is 9.25. The van der Waals surface area contributed by atoms with Gasteiger partial charge in [-0.2, -0.15) is 15.3 Å². The van der Waals surface area contributed by atoms with Crippen LogP contribution >= 0.6 is 0 Å². The standard InChI is InChI=1S/C12H8N6/c13-5-7-2-1-3-8(4-7)10-9-6-15-18-11(9)17-12(14)16-10/h1-4,6H,(H3,14,15,16,17,18). The van der Waals surface area contributed by atoms with E-state index in [1.807, 2.05) is 6.07 Å². The summed E-state index contributed by atoms with van der Waals surface area (Å²) in [5.41, 5.74) is 8.29. The number of hydrogen-bond acceptors (Lipinski definition) is 5. The molecule has 0 aliphatic rings. The smallest absolute Gasteiger partial charge is 0.222 e. The maximum Gasteiger partial charge on any atom is 0.222 e. The van der Waals surface area contributed by atoms with Gasteiger partial charge < -0.3 is 5.73 Å². The molecule has 0 fully saturated rings. The molecule has 6 heteroatoms. The molecule has 3 N–H and O–H groups in total. The van der Waals surface area contributed by atoms with Crippen molar-refractivity contribution in [3.05, 3.63) is 36.0 Å². The van der Waals surface area contributed by atoms with Gasteiger partial charge in [-0.05, 0) is 12.1 Å². The highest BCUT2D eigenvalue weighted by Crippen LogP contribution is 2.25. The SMILES string of the molecule is N#Cc1cccc(-c2nc(N)nc3[nH]ncc23)c1. The van der Waals surface area contributed by atoms with Crippen LogP contribution in [0, 0.1) is 11.3 Å². The number of aromatic amines is 1. The predicted molar refractivity (Wildman–Crippen MR) is 66.2 cm³/mol. The molecule has 0 spiro atoms. The van der Waals surface area contributed by atoms with Crippen molar-refractivity contribution in [1.82, 2.24) is 20.2 Å². The van der Waals surface area contributed by atoms with Crippen LogP contribution in [0.2, 0.25) is 0 Å². The summed E-state index contributed by atoms with van der Waals surface area (Å²) in [7, 11) is 0. The number of nitriles is 1. The Balaban J connectivity index is 2.30. The number of benzene rings is 1. The average molecular weight is 236 g/mol. The van der Waals surface area contributed by atoms with E-state index >= 15 is 0 Å². The lowest BCUT2D eigenvalue weighted by Gasteiger charge is -2.03. The molecule has 0 atom stereocenters. The Morgan fingerprint density at radius 2 is 2.17 bits per heavy atom. The number of aromatic nitrogens is 4. The van der Waals surface area contributed by atoms with E-state index in [2.05, 4.69) is 26.2 Å². The number of nitrogen functional groups attached to an aromatic ring is 1. The van der Waals surface area contributed by atoms with Crippen LogP contribution in [0.5, 0.6) is 0 Å². The summed E-state index contributed by atoms with van der Waals surface area (Å²) in [6.07, 6.45) is 1.64. The Labute approximate surface area is 102 Å². The number of nitrogens with one attached hydrogen (secondary N) is 1. The first-order valence-corrected chi connectivity index (χ1v) is 5.25. The van der Waals surface area contributed by atoms with E-state index in [0.717, 1.165) is 10.9 Å². The van der Waals surface area contributed by atoms with Gasteiger partial charge >= 0.3 is 0 Å². The Kier molecular flexibility index (Phi) is 2.17. The van der Waals surface area contributed by atoms with E-state index in [1.165, 1.54) is 0 Å². The van der Waals surface area contributed by atoms with Crippen LogP contribution in [-0.4, -0.2) is 20.2 Å². The van der Waals surface area contributed by atoms with Crippen LogP contribution in [-0.2, 0) is 0 Å². The van der Waals surface area contributed by atoms with Gasteiger partial charge in [0.2, 0.25) is 5.95 Å². The highest BCUT2D eigenvalue weighted by Gasteiger charge is 2.10. The van der Waals surface area contributed by atoms with Crippen LogP contribution < -0.4 is 5.73 Å². The zero-order chi connectivity index (χ0) is 12.5. The second-order valence-corrected chi connectivity index (χ2v) is 3.76. The minimum absolute atomic E-state index is 0.170. The molecule has 0 bridgehead atoms. The molecule has 2 heterocycles. The van der Waals surface area contributed by atoms with E-state index in [1.54, 1.807) is 24.4 Å². The summed E-state index contributed by atoms with van der Waals surface area (Å²) in [6.45, 7) is 0. The number of nitrogens with zero attached hydrogens (tertiary/aromatic N) is 4. The fraction of sp³-hybridized carbons (Fsp3) is 0. The maximum atomic E-state index is 8.91. The van der Waals surface area contributed by atoms with Crippen molar-refractivity contribution in [3.8, 4) is 17.3 Å². The molecule has 6 nitrogen and oxygen atoms in total. The summed E-state index contributed by atoms with van der Waals surface area (Å²) in [5.74, 6) is 0.170. The highest BCUT2D eigenvalue weighted by atomic mass is 15.2. The van der Waals surface area contributed by atoms with Gasteiger partial charge in [0.25, 0.3) is 0 Å². The monoisotopic (exact) mass is 236 g/mol. The third-order valence-corrected chi connectivity index (χ3v) is 2.59. The lowest BCUT2D eigenvalue weighted by Crippen LogP contribution is -1.97. The molecule has 2 aromatic heterocycles. The van der Waals surface area contributed by atoms with Gasteiger partial charge in [-0.3, -0.25) is 5.10 Å². The number of fused-ring (bicyclic) bond motifs is 1. The van der Waals surface area contributed by atoms with Gasteiger partial charge in [0.05, 0.1) is 28.9 Å². The van der Waals surface area contributed by atoms with Crippen molar-refractivity contribution in [3.63, 3.8) is 0 Å². The molecule has 0 aliphatic carbocycles. The van der Waals surface area contributed by atoms with Crippen molar-refractivity contribution in [2.45, 2.75) is 0 Å². The van der Waals surface area contributed by atoms with Crippen molar-refractivity contribution in [2.75, 3.05) is 5.73 Å². The first-order valence-electron chi connectivity index (χ1n) is 5.25. The largest absolute Gasteiger partial charge is 0.368 e. The number of rotatable bonds is 1. The summed E-state index contributed by atoms with van der Waals surface area (Å²) < 4.78 is 0. The molecule has 0 unspecified atom stereocenters. The number of hydrogen-bond donors (Lipinski definition) is 2. The fourth-order valence-electron chi connectivity index (χ4n) is 1.81. The summed E-state index contributed by atoms with van der Waals surface area (Å²) in [5, 5.41) is 16.4. The van der Waals surface area contributed by atoms with Crippen molar-refractivity contribution in [2.24, 2.45) is 0 Å². The summed E-state index contributed by atoms with van der Waals surface area (Å²) in [4.78, 5) is 8.26. The molecular formula is C12H8N6. The maximum absolute atomic E-state index is 8.91. The Morgan fingerprint density at radius 1 is 1.28 bits per heavy atom. The molecule has 1 aromatic carbocycles. The molecular weight excluding hydrogens is 228 g/mol. The van der Waals surface area contributed by atoms with E-state index < -0.39 is 0 Å². The fourth-order valence-corrected chi connectivity index (χ4v) is 1.81. The molecule has 0 amide bonds. The molecule has 18 heavy (non-hydrogen) atoms. The van der Waals surface area contributed by atoms with Gasteiger partial charge in [0, 0.05) is 5.56 Å². The second kappa shape index (κ2) is 3.82. The number of H-pyrrole nitrogens is 1. The van der Waals surface area contributed by atoms with Crippen molar-refractivity contribution >= 4 is 17.0 Å². The van der Waals surface area contributed by atoms with Gasteiger partial charge in [-0.25, -0.2) is 4.98 Å². The van der Waals surface area contributed by atoms with E-state index in [-0.39, 0.29) is 5.95 Å². The third kappa shape index (κ3) is 1.55. The highest BCUT2D eigenvalue weighted by molar-refractivity contribution is 5.90. The molecule has 0 saturated carbocycles. The third-order valence-electron chi connectivity index (χ3n) is 2.59. The Morgan fingerprint density at radius 3 is 3.00 bits per heavy atom. The number of nitrogens with two attached hydrogens (primary N) is 1. The predicted octanol–water partition coefficient (Wildman–Crippen LogP) is 1.47. The van der Waals surface area contributed by atoms with Crippen LogP contribution in [0.4, 0.5) is 5.95 Å². The molecule has 0 aliphatic heterocycles. The van der Waals surface area contributed by atoms with Crippen molar-refractivity contribution in [1.29, 1.82) is 5.26 Å². The van der Waals surface area contributed by atoms with E-state index in [0.29, 0.717) is 16.9 Å². The lowest BCUT2D eigenvalue weighted by atomic mass is 10.1. The van der Waals surface area contributed by atoms with Crippen LogP contribution in [0.25, 0.3) is 22.3 Å². The van der Waals surface area contributed by atoms with Gasteiger partial charge in [0.15, 0.2) is 5.65 Å². The Bertz CT molecular complexity index is 768. The first-order chi connectivity index (χ1) is 8.78. The second-order valence-electron chi connectivity index (χ2n) is 3.76. The lowest BCUT2D eigenvalue weighted by molar-refractivity contribution is 1.09. The number of anilines is 1. The first kappa shape index (κ1) is 10.2. The van der Waals surface area contributed by atoms with Crippen LogP contribution in [0.3, 0.4) is 0 Å². The van der Waals surface area contributed by atoms with Crippen LogP contribution in [0.1, 0.15) is 5.56 Å². The quantitative estimate of drug-likeness (QED) is 0.665. The molecule has 3 aromatic rings. The van der Waals surface area contributed by atoms with E-state index in [9.17, 15) is 0 Å². The molecule has 86 valence electrons. The normalized spacial score (nSPS) is 10.4. The Hall–Kier alpha value is -2.94.